The first-order valence-electron chi connectivity index (χ1n) is 10.00. The van der Waals surface area contributed by atoms with Gasteiger partial charge in [-0.25, -0.2) is 0 Å². The van der Waals surface area contributed by atoms with E-state index in [2.05, 4.69) is 60.2 Å². The fourth-order valence-electron chi connectivity index (χ4n) is 3.32. The Bertz CT molecular complexity index is 953. The maximum absolute atomic E-state index is 12.6. The second-order valence-corrected chi connectivity index (χ2v) is 8.35. The summed E-state index contributed by atoms with van der Waals surface area (Å²) in [6.45, 7) is 4.69. The molecule has 3 N–H and O–H groups in total. The molecule has 2 aromatic carbocycles. The summed E-state index contributed by atoms with van der Waals surface area (Å²) in [4.78, 5) is 13.8. The van der Waals surface area contributed by atoms with Gasteiger partial charge in [0.2, 0.25) is 0 Å². The molecule has 0 saturated carbocycles. The summed E-state index contributed by atoms with van der Waals surface area (Å²) < 4.78 is 10.6. The monoisotopic (exact) mass is 425 g/mol. The van der Waals surface area contributed by atoms with Gasteiger partial charge < -0.3 is 20.1 Å². The van der Waals surface area contributed by atoms with Crippen LogP contribution < -0.4 is 20.1 Å². The zero-order valence-corrected chi connectivity index (χ0v) is 18.7. The Kier molecular flexibility index (Phi) is 7.49. The lowest BCUT2D eigenvalue weighted by Gasteiger charge is -2.16. The highest BCUT2D eigenvalue weighted by Crippen LogP contribution is 2.29. The number of quaternary nitrogens is 1. The number of rotatable bonds is 9. The maximum Gasteiger partial charge on any atom is 0.279 e. The van der Waals surface area contributed by atoms with E-state index in [9.17, 15) is 4.79 Å². The van der Waals surface area contributed by atoms with E-state index < -0.39 is 0 Å². The van der Waals surface area contributed by atoms with Crippen LogP contribution >= 0.6 is 11.3 Å². The molecule has 0 radical (unpaired) electrons. The van der Waals surface area contributed by atoms with E-state index in [1.807, 2.05) is 6.07 Å². The van der Waals surface area contributed by atoms with Crippen molar-refractivity contribution in [3.05, 3.63) is 76.0 Å². The number of thiophene rings is 1. The number of carbonyl (C=O) groups excluding carboxylic acids is 1. The zero-order valence-electron chi connectivity index (χ0n) is 17.8. The lowest BCUT2D eigenvalue weighted by molar-refractivity contribution is -0.675. The van der Waals surface area contributed by atoms with Crippen molar-refractivity contribution in [1.29, 1.82) is 0 Å². The average Bonchev–Trinajstić information content (AvgIpc) is 3.28. The minimum absolute atomic E-state index is 0.0671. The molecule has 0 bridgehead atoms. The molecule has 0 aliphatic carbocycles. The van der Waals surface area contributed by atoms with E-state index in [-0.39, 0.29) is 11.9 Å². The Labute approximate surface area is 182 Å². The molecular weight excluding hydrogens is 396 g/mol. The number of ether oxygens (including phenoxy) is 2. The quantitative estimate of drug-likeness (QED) is 0.541. The Balaban J connectivity index is 1.69. The van der Waals surface area contributed by atoms with Crippen molar-refractivity contribution in [3.63, 3.8) is 0 Å². The molecule has 0 fully saturated rings. The van der Waals surface area contributed by atoms with E-state index >= 15 is 0 Å². The van der Waals surface area contributed by atoms with Crippen LogP contribution in [0.5, 0.6) is 11.5 Å². The van der Waals surface area contributed by atoms with Crippen molar-refractivity contribution in [3.8, 4) is 11.5 Å². The molecule has 3 aromatic rings. The van der Waals surface area contributed by atoms with Gasteiger partial charge in [0, 0.05) is 17.3 Å². The summed E-state index contributed by atoms with van der Waals surface area (Å²) in [5, 5.41) is 7.09. The molecule has 30 heavy (non-hydrogen) atoms. The Morgan fingerprint density at radius 2 is 1.70 bits per heavy atom. The largest absolute Gasteiger partial charge is 0.493 e. The first-order valence-corrected chi connectivity index (χ1v) is 10.9. The van der Waals surface area contributed by atoms with Gasteiger partial charge >= 0.3 is 0 Å². The zero-order chi connectivity index (χ0) is 21.5. The van der Waals surface area contributed by atoms with Crippen LogP contribution in [0.4, 0.5) is 5.69 Å². The Morgan fingerprint density at radius 3 is 2.30 bits per heavy atom. The number of hydrogen-bond acceptors (Lipinski definition) is 4. The highest BCUT2D eigenvalue weighted by Gasteiger charge is 2.20. The molecule has 5 nitrogen and oxygen atoms in total. The lowest BCUT2D eigenvalue weighted by atomic mass is 9.98. The van der Waals surface area contributed by atoms with Gasteiger partial charge in [0.1, 0.15) is 6.04 Å². The van der Waals surface area contributed by atoms with Crippen molar-refractivity contribution in [2.24, 2.45) is 0 Å². The van der Waals surface area contributed by atoms with Gasteiger partial charge in [0.15, 0.2) is 18.0 Å². The Morgan fingerprint density at radius 1 is 1.00 bits per heavy atom. The first-order chi connectivity index (χ1) is 14.5. The molecule has 0 unspecified atom stereocenters. The van der Waals surface area contributed by atoms with E-state index in [0.29, 0.717) is 29.6 Å². The van der Waals surface area contributed by atoms with Gasteiger partial charge in [0.25, 0.3) is 5.91 Å². The van der Waals surface area contributed by atoms with Crippen molar-refractivity contribution >= 4 is 22.9 Å². The molecule has 1 aromatic heterocycles. The minimum atomic E-state index is -0.0671. The molecule has 0 aliphatic rings. The summed E-state index contributed by atoms with van der Waals surface area (Å²) >= 11 is 1.71. The maximum atomic E-state index is 12.6. The van der Waals surface area contributed by atoms with Crippen molar-refractivity contribution in [1.82, 2.24) is 0 Å². The second kappa shape index (κ2) is 10.3. The van der Waals surface area contributed by atoms with E-state index in [0.717, 1.165) is 0 Å². The van der Waals surface area contributed by atoms with Gasteiger partial charge in [-0.05, 0) is 35.1 Å². The van der Waals surface area contributed by atoms with E-state index in [1.165, 1.54) is 16.0 Å². The normalized spacial score (nSPS) is 11.9. The predicted molar refractivity (Wildman–Crippen MR) is 122 cm³/mol. The van der Waals surface area contributed by atoms with Crippen LogP contribution in [0.3, 0.4) is 0 Å². The van der Waals surface area contributed by atoms with E-state index in [4.69, 9.17) is 9.47 Å². The average molecular weight is 426 g/mol. The predicted octanol–water partition coefficient (Wildman–Crippen LogP) is 4.18. The summed E-state index contributed by atoms with van der Waals surface area (Å²) in [5.41, 5.74) is 3.19. The SMILES string of the molecule is COc1ccc(NC(=O)C[NH2+][C@@H](c2ccc(C(C)C)cc2)c2cccs2)cc1OC. The molecule has 0 spiro atoms. The minimum Gasteiger partial charge on any atom is -0.493 e. The highest BCUT2D eigenvalue weighted by molar-refractivity contribution is 7.10. The third-order valence-corrected chi connectivity index (χ3v) is 5.97. The standard InChI is InChI=1S/C24H28N2O3S/c1-16(2)17-7-9-18(10-8-17)24(22-6-5-13-30-22)25-15-23(27)26-19-11-12-20(28-3)21(14-19)29-4/h5-14,16,24-25H,15H2,1-4H3,(H,26,27)/p+1/t24-/m0/s1. The number of methoxy groups -OCH3 is 2. The number of carbonyl (C=O) groups is 1. The summed E-state index contributed by atoms with van der Waals surface area (Å²) in [6, 6.07) is 18.3. The number of nitrogens with one attached hydrogen (secondary N) is 1. The van der Waals surface area contributed by atoms with Crippen LogP contribution in [0, 0.1) is 0 Å². The third-order valence-electron chi connectivity index (χ3n) is 5.02. The molecule has 6 heteroatoms. The van der Waals surface area contributed by atoms with Gasteiger partial charge in [-0.2, -0.15) is 0 Å². The smallest absolute Gasteiger partial charge is 0.279 e. The second-order valence-electron chi connectivity index (χ2n) is 7.37. The number of hydrogen-bond donors (Lipinski definition) is 2. The van der Waals surface area contributed by atoms with Gasteiger partial charge in [-0.3, -0.25) is 4.79 Å². The van der Waals surface area contributed by atoms with Crippen LogP contribution in [-0.2, 0) is 4.79 Å². The fourth-order valence-corrected chi connectivity index (χ4v) is 4.17. The Hall–Kier alpha value is -2.83. The fraction of sp³-hybridized carbons (Fsp3) is 0.292. The first kappa shape index (κ1) is 21.9. The van der Waals surface area contributed by atoms with Gasteiger partial charge in [-0.1, -0.05) is 44.2 Å². The molecule has 0 aliphatic heterocycles. The number of benzene rings is 2. The molecule has 3 rings (SSSR count). The molecule has 1 amide bonds. The van der Waals surface area contributed by atoms with Crippen LogP contribution in [0.2, 0.25) is 0 Å². The van der Waals surface area contributed by atoms with E-state index in [1.54, 1.807) is 43.8 Å². The van der Waals surface area contributed by atoms with Gasteiger partial charge in [0.05, 0.1) is 19.1 Å². The molecule has 1 heterocycles. The highest BCUT2D eigenvalue weighted by atomic mass is 32.1. The summed E-state index contributed by atoms with van der Waals surface area (Å²) in [7, 11) is 3.16. The van der Waals surface area contributed by atoms with Gasteiger partial charge in [-0.15, -0.1) is 11.3 Å². The van der Waals surface area contributed by atoms with Crippen LogP contribution in [0.15, 0.2) is 60.0 Å². The van der Waals surface area contributed by atoms with Crippen molar-refractivity contribution in [2.45, 2.75) is 25.8 Å². The van der Waals surface area contributed by atoms with Crippen molar-refractivity contribution in [2.75, 3.05) is 26.1 Å². The van der Waals surface area contributed by atoms with Crippen LogP contribution in [-0.4, -0.2) is 26.7 Å². The lowest BCUT2D eigenvalue weighted by Crippen LogP contribution is -2.87. The van der Waals surface area contributed by atoms with Crippen LogP contribution in [0.25, 0.3) is 0 Å². The topological polar surface area (TPSA) is 64.2 Å². The third kappa shape index (κ3) is 5.40. The summed E-state index contributed by atoms with van der Waals surface area (Å²) in [5.74, 6) is 1.64. The number of amides is 1. The number of nitrogens with two attached hydrogens (primary N) is 1. The summed E-state index contributed by atoms with van der Waals surface area (Å²) in [6.07, 6.45) is 0. The number of anilines is 1. The van der Waals surface area contributed by atoms with Crippen LogP contribution in [0.1, 0.15) is 41.8 Å². The molecular formula is C24H29N2O3S+. The molecule has 158 valence electrons. The molecule has 1 atom stereocenters. The van der Waals surface area contributed by atoms with Crippen molar-refractivity contribution < 1.29 is 19.6 Å². The molecule has 0 saturated heterocycles.